The molecule has 1 aromatic heterocycles. The van der Waals surface area contributed by atoms with Crippen LogP contribution in [-0.4, -0.2) is 34.3 Å². The molecule has 0 fully saturated rings. The van der Waals surface area contributed by atoms with Crippen molar-refractivity contribution in [3.05, 3.63) is 81.4 Å². The number of carboxylic acid groups (broad SMARTS) is 1. The van der Waals surface area contributed by atoms with E-state index in [1.54, 1.807) is 49.5 Å². The second-order valence-corrected chi connectivity index (χ2v) is 6.34. The molecule has 3 unspecified atom stereocenters. The van der Waals surface area contributed by atoms with Crippen LogP contribution in [0.5, 0.6) is 0 Å². The normalized spacial score (nSPS) is 18.1. The van der Waals surface area contributed by atoms with Gasteiger partial charge in [-0.3, -0.25) is 15.1 Å². The van der Waals surface area contributed by atoms with Crippen LogP contribution < -0.4 is 10.6 Å². The lowest BCUT2D eigenvalue weighted by Gasteiger charge is -2.26. The standard InChI is InChI=1S/C19H20N4O5/c1-11-16(15(18(28-2)23(26)27)12-6-5-9-20-10-12)22-17(19(24)25)13-7-3-4-8-14(13)21-11/h3-10,15,17-18,21-22H,1-2H3,(H,24,25). The third-order valence-corrected chi connectivity index (χ3v) is 4.63. The van der Waals surface area contributed by atoms with Gasteiger partial charge in [0.15, 0.2) is 6.04 Å². The van der Waals surface area contributed by atoms with Gasteiger partial charge in [0.2, 0.25) is 0 Å². The number of aromatic nitrogens is 1. The summed E-state index contributed by atoms with van der Waals surface area (Å²) in [7, 11) is 1.25. The molecule has 0 aliphatic carbocycles. The van der Waals surface area contributed by atoms with Crippen LogP contribution in [0.1, 0.15) is 30.0 Å². The van der Waals surface area contributed by atoms with Crippen LogP contribution >= 0.6 is 0 Å². The number of nitro groups is 1. The number of fused-ring (bicyclic) bond motifs is 1. The Morgan fingerprint density at radius 1 is 1.32 bits per heavy atom. The smallest absolute Gasteiger partial charge is 0.330 e. The Morgan fingerprint density at radius 2 is 2.07 bits per heavy atom. The summed E-state index contributed by atoms with van der Waals surface area (Å²) in [6.07, 6.45) is 1.64. The van der Waals surface area contributed by atoms with Crippen LogP contribution in [0.3, 0.4) is 0 Å². The Hall–Kier alpha value is -3.46. The Morgan fingerprint density at radius 3 is 2.68 bits per heavy atom. The van der Waals surface area contributed by atoms with Gasteiger partial charge >= 0.3 is 12.2 Å². The van der Waals surface area contributed by atoms with E-state index in [2.05, 4.69) is 15.6 Å². The van der Waals surface area contributed by atoms with Crippen molar-refractivity contribution < 1.29 is 19.6 Å². The van der Waals surface area contributed by atoms with Gasteiger partial charge in [-0.2, -0.15) is 0 Å². The summed E-state index contributed by atoms with van der Waals surface area (Å²) in [5.74, 6) is -1.99. The summed E-state index contributed by atoms with van der Waals surface area (Å²) >= 11 is 0. The minimum atomic E-state index is -1.43. The van der Waals surface area contributed by atoms with Crippen LogP contribution in [0, 0.1) is 10.1 Å². The highest BCUT2D eigenvalue weighted by molar-refractivity contribution is 5.80. The number of rotatable bonds is 6. The molecular weight excluding hydrogens is 364 g/mol. The van der Waals surface area contributed by atoms with Crippen molar-refractivity contribution in [3.63, 3.8) is 0 Å². The molecule has 3 atom stereocenters. The number of aliphatic carboxylic acids is 1. The number of nitrogens with one attached hydrogen (secondary N) is 2. The van der Waals surface area contributed by atoms with Gasteiger partial charge in [0.25, 0.3) is 0 Å². The summed E-state index contributed by atoms with van der Waals surface area (Å²) in [5, 5.41) is 27.6. The fourth-order valence-electron chi connectivity index (χ4n) is 3.37. The van der Waals surface area contributed by atoms with Crippen LogP contribution in [0.25, 0.3) is 0 Å². The first-order chi connectivity index (χ1) is 13.4. The molecule has 1 aliphatic heterocycles. The van der Waals surface area contributed by atoms with Gasteiger partial charge in [-0.05, 0) is 24.6 Å². The Labute approximate surface area is 161 Å². The summed E-state index contributed by atoms with van der Waals surface area (Å²) in [5.41, 5.74) is 2.61. The average Bonchev–Trinajstić information content (AvgIpc) is 2.82. The molecule has 9 nitrogen and oxygen atoms in total. The highest BCUT2D eigenvalue weighted by Crippen LogP contribution is 2.36. The summed E-state index contributed by atoms with van der Waals surface area (Å²) in [6.45, 7) is 1.74. The fraction of sp³-hybridized carbons (Fsp3) is 0.263. The van der Waals surface area contributed by atoms with Crippen LogP contribution in [-0.2, 0) is 9.53 Å². The first-order valence-electron chi connectivity index (χ1n) is 8.56. The lowest BCUT2D eigenvalue weighted by molar-refractivity contribution is -0.576. The van der Waals surface area contributed by atoms with Gasteiger partial charge in [0.05, 0.1) is 4.92 Å². The van der Waals surface area contributed by atoms with Crippen molar-refractivity contribution in [2.24, 2.45) is 0 Å². The first-order valence-corrected chi connectivity index (χ1v) is 8.56. The van der Waals surface area contributed by atoms with E-state index in [-0.39, 0.29) is 0 Å². The van der Waals surface area contributed by atoms with E-state index in [1.807, 2.05) is 0 Å². The molecule has 1 aliphatic rings. The van der Waals surface area contributed by atoms with E-state index in [0.29, 0.717) is 28.2 Å². The van der Waals surface area contributed by atoms with Gasteiger partial charge in [-0.25, -0.2) is 4.79 Å². The number of ether oxygens (including phenoxy) is 1. The van der Waals surface area contributed by atoms with Crippen molar-refractivity contribution in [3.8, 4) is 0 Å². The number of carboxylic acids is 1. The number of anilines is 1. The Kier molecular flexibility index (Phi) is 5.55. The summed E-state index contributed by atoms with van der Waals surface area (Å²) in [4.78, 5) is 27.2. The van der Waals surface area contributed by atoms with E-state index >= 15 is 0 Å². The number of hydrogen-bond donors (Lipinski definition) is 3. The second-order valence-electron chi connectivity index (χ2n) is 6.34. The van der Waals surface area contributed by atoms with E-state index in [9.17, 15) is 20.0 Å². The fourth-order valence-corrected chi connectivity index (χ4v) is 3.37. The van der Waals surface area contributed by atoms with Gasteiger partial charge in [-0.1, -0.05) is 24.3 Å². The quantitative estimate of drug-likeness (QED) is 0.394. The number of benzene rings is 1. The van der Waals surface area contributed by atoms with E-state index < -0.39 is 29.1 Å². The van der Waals surface area contributed by atoms with Crippen molar-refractivity contribution >= 4 is 11.7 Å². The predicted octanol–water partition coefficient (Wildman–Crippen LogP) is 2.49. The van der Waals surface area contributed by atoms with Crippen molar-refractivity contribution in [1.29, 1.82) is 0 Å². The maximum atomic E-state index is 12.0. The number of nitrogens with zero attached hydrogens (tertiary/aromatic N) is 2. The molecule has 28 heavy (non-hydrogen) atoms. The Balaban J connectivity index is 2.16. The Bertz CT molecular complexity index is 916. The van der Waals surface area contributed by atoms with Crippen LogP contribution in [0.4, 0.5) is 5.69 Å². The van der Waals surface area contributed by atoms with Crippen molar-refractivity contribution in [2.75, 3.05) is 12.4 Å². The molecule has 0 radical (unpaired) electrons. The van der Waals surface area contributed by atoms with Gasteiger partial charge in [0.1, 0.15) is 5.92 Å². The number of para-hydroxylation sites is 1. The van der Waals surface area contributed by atoms with Crippen molar-refractivity contribution in [2.45, 2.75) is 25.1 Å². The number of methoxy groups -OCH3 is 1. The third kappa shape index (κ3) is 3.65. The largest absolute Gasteiger partial charge is 0.479 e. The van der Waals surface area contributed by atoms with E-state index in [4.69, 9.17) is 4.74 Å². The van der Waals surface area contributed by atoms with Crippen LogP contribution in [0.2, 0.25) is 0 Å². The first kappa shape index (κ1) is 19.3. The van der Waals surface area contributed by atoms with Crippen LogP contribution in [0.15, 0.2) is 60.2 Å². The summed E-state index contributed by atoms with van der Waals surface area (Å²) < 4.78 is 5.17. The predicted molar refractivity (Wildman–Crippen MR) is 101 cm³/mol. The molecule has 3 N–H and O–H groups in total. The maximum absolute atomic E-state index is 12.0. The third-order valence-electron chi connectivity index (χ3n) is 4.63. The molecule has 2 aromatic rings. The molecule has 0 saturated heterocycles. The molecule has 3 rings (SSSR count). The molecule has 9 heteroatoms. The topological polar surface area (TPSA) is 127 Å². The molecule has 0 amide bonds. The lowest BCUT2D eigenvalue weighted by Crippen LogP contribution is -2.38. The molecular formula is C19H20N4O5. The highest BCUT2D eigenvalue weighted by Gasteiger charge is 2.40. The SMILES string of the molecule is COC(C(C1=C(C)Nc2ccccc2C(C(=O)O)N1)c1cccnc1)[N+](=O)[O-]. The molecule has 0 bridgehead atoms. The number of pyridine rings is 1. The monoisotopic (exact) mass is 384 g/mol. The maximum Gasteiger partial charge on any atom is 0.330 e. The van der Waals surface area contributed by atoms with Gasteiger partial charge < -0.3 is 20.5 Å². The van der Waals surface area contributed by atoms with E-state index in [1.165, 1.54) is 13.3 Å². The minimum Gasteiger partial charge on any atom is -0.479 e. The zero-order valence-electron chi connectivity index (χ0n) is 15.3. The lowest BCUT2D eigenvalue weighted by atomic mass is 9.93. The molecule has 1 aromatic carbocycles. The van der Waals surface area contributed by atoms with E-state index in [0.717, 1.165) is 0 Å². The summed E-state index contributed by atoms with van der Waals surface area (Å²) in [6, 6.07) is 9.27. The number of carbonyl (C=O) groups is 1. The second kappa shape index (κ2) is 8.05. The molecule has 2 heterocycles. The van der Waals surface area contributed by atoms with Crippen molar-refractivity contribution in [1.82, 2.24) is 10.3 Å². The highest BCUT2D eigenvalue weighted by atomic mass is 16.7. The average molecular weight is 384 g/mol. The zero-order valence-corrected chi connectivity index (χ0v) is 15.3. The molecule has 0 saturated carbocycles. The van der Waals surface area contributed by atoms with Gasteiger partial charge in [0, 0.05) is 42.1 Å². The molecule has 0 spiro atoms. The zero-order chi connectivity index (χ0) is 20.3. The minimum absolute atomic E-state index is 0.361. The molecule has 146 valence electrons. The van der Waals surface area contributed by atoms with Gasteiger partial charge in [-0.15, -0.1) is 0 Å². The number of allylic oxidation sites excluding steroid dienone is 1. The number of hydrogen-bond acceptors (Lipinski definition) is 7.